The summed E-state index contributed by atoms with van der Waals surface area (Å²) in [6, 6.07) is 8.10. The second-order valence-electron chi connectivity index (χ2n) is 7.89. The second-order valence-corrected chi connectivity index (χ2v) is 10.8. The number of carbonyl (C=O) groups is 2. The Balaban J connectivity index is 1.56. The van der Waals surface area contributed by atoms with Gasteiger partial charge in [0.25, 0.3) is 5.91 Å². The van der Waals surface area contributed by atoms with E-state index in [-0.39, 0.29) is 23.8 Å². The summed E-state index contributed by atoms with van der Waals surface area (Å²) in [6.07, 6.45) is 0. The van der Waals surface area contributed by atoms with Gasteiger partial charge in [-0.3, -0.25) is 19.5 Å². The zero-order chi connectivity index (χ0) is 28.8. The molecule has 12 nitrogen and oxygen atoms in total. The van der Waals surface area contributed by atoms with Crippen molar-refractivity contribution in [1.82, 2.24) is 30.3 Å². The molecule has 0 aliphatic heterocycles. The maximum atomic E-state index is 13.1. The number of ether oxygens (including phenoxy) is 3. The molecule has 16 heteroatoms. The third kappa shape index (κ3) is 6.75. The number of rotatable bonds is 11. The van der Waals surface area contributed by atoms with Crippen LogP contribution in [0.15, 0.2) is 35.5 Å². The lowest BCUT2D eigenvalue weighted by Gasteiger charge is -2.14. The van der Waals surface area contributed by atoms with Crippen LogP contribution in [0.5, 0.6) is 17.2 Å². The Bertz CT molecular complexity index is 1520. The summed E-state index contributed by atoms with van der Waals surface area (Å²) in [4.78, 5) is 25.6. The normalized spacial score (nSPS) is 10.8. The van der Waals surface area contributed by atoms with E-state index in [1.54, 1.807) is 41.8 Å². The van der Waals surface area contributed by atoms with Crippen LogP contribution in [-0.2, 0) is 11.3 Å². The summed E-state index contributed by atoms with van der Waals surface area (Å²) in [7, 11) is 4.41. The predicted molar refractivity (Wildman–Crippen MR) is 153 cm³/mol. The number of aromatic nitrogens is 5. The lowest BCUT2D eigenvalue weighted by atomic mass is 10.1. The Labute approximate surface area is 247 Å². The lowest BCUT2D eigenvalue weighted by molar-refractivity contribution is -0.113. The summed E-state index contributed by atoms with van der Waals surface area (Å²) < 4.78 is 17.7. The molecule has 2 aromatic heterocycles. The van der Waals surface area contributed by atoms with Gasteiger partial charge >= 0.3 is 0 Å². The van der Waals surface area contributed by atoms with E-state index in [4.69, 9.17) is 37.4 Å². The van der Waals surface area contributed by atoms with E-state index in [1.807, 2.05) is 0 Å². The van der Waals surface area contributed by atoms with E-state index in [9.17, 15) is 9.59 Å². The zero-order valence-corrected chi connectivity index (χ0v) is 24.8. The number of hydrogen-bond acceptors (Lipinski definition) is 11. The number of thioether (sulfide) groups is 1. The smallest absolute Gasteiger partial charge is 0.251 e. The number of halogens is 2. The van der Waals surface area contributed by atoms with Crippen molar-refractivity contribution in [3.8, 4) is 22.9 Å². The quantitative estimate of drug-likeness (QED) is 0.230. The van der Waals surface area contributed by atoms with E-state index < -0.39 is 5.91 Å². The van der Waals surface area contributed by atoms with Gasteiger partial charge in [0.15, 0.2) is 22.5 Å². The fraction of sp³-hybridized carbons (Fsp3) is 0.250. The summed E-state index contributed by atoms with van der Waals surface area (Å²) >= 11 is 14.8. The van der Waals surface area contributed by atoms with E-state index in [2.05, 4.69) is 31.0 Å². The molecule has 0 saturated heterocycles. The first-order chi connectivity index (χ1) is 19.2. The first kappa shape index (κ1) is 29.4. The molecule has 4 rings (SSSR count). The standard InChI is InChI=1S/C24H23Cl2N7O5S2/c1-12-29-31-23(40-12)28-20(34)11-39-24-32-30-19(33(24)14-5-6-15(25)16(26)9-14)10-27-22(35)13-7-17(36-2)21(38-4)18(8-13)37-3/h5-9H,10-11H2,1-4H3,(H,27,35)(H,28,31,34). The predicted octanol–water partition coefficient (Wildman–Crippen LogP) is 4.42. The molecular weight excluding hydrogens is 601 g/mol. The fourth-order valence-electron chi connectivity index (χ4n) is 3.50. The number of carbonyl (C=O) groups excluding carboxylic acids is 2. The molecule has 40 heavy (non-hydrogen) atoms. The van der Waals surface area contributed by atoms with Crippen LogP contribution in [0.25, 0.3) is 5.69 Å². The first-order valence-electron chi connectivity index (χ1n) is 11.4. The van der Waals surface area contributed by atoms with E-state index in [1.165, 1.54) is 32.7 Å². The molecule has 0 bridgehead atoms. The van der Waals surface area contributed by atoms with Crippen molar-refractivity contribution in [3.63, 3.8) is 0 Å². The van der Waals surface area contributed by atoms with Crippen molar-refractivity contribution in [2.75, 3.05) is 32.4 Å². The van der Waals surface area contributed by atoms with Crippen LogP contribution in [0.4, 0.5) is 5.13 Å². The second kappa shape index (κ2) is 13.2. The van der Waals surface area contributed by atoms with E-state index >= 15 is 0 Å². The topological polar surface area (TPSA) is 142 Å². The fourth-order valence-corrected chi connectivity index (χ4v) is 5.17. The molecule has 210 valence electrons. The highest BCUT2D eigenvalue weighted by Gasteiger charge is 2.20. The highest BCUT2D eigenvalue weighted by molar-refractivity contribution is 7.99. The number of benzene rings is 2. The largest absolute Gasteiger partial charge is 0.493 e. The Hall–Kier alpha value is -3.59. The molecule has 0 saturated carbocycles. The van der Waals surface area contributed by atoms with E-state index in [0.717, 1.165) is 16.8 Å². The molecule has 0 aliphatic carbocycles. The summed E-state index contributed by atoms with van der Waals surface area (Å²) in [5, 5.41) is 24.0. The monoisotopic (exact) mass is 623 g/mol. The number of hydrogen-bond donors (Lipinski definition) is 2. The molecule has 0 unspecified atom stereocenters. The average molecular weight is 625 g/mol. The average Bonchev–Trinajstić information content (AvgIpc) is 3.56. The molecule has 2 amide bonds. The van der Waals surface area contributed by atoms with E-state index in [0.29, 0.717) is 49.1 Å². The van der Waals surface area contributed by atoms with Crippen LogP contribution in [0.2, 0.25) is 10.0 Å². The van der Waals surface area contributed by atoms with Gasteiger partial charge in [0.2, 0.25) is 16.8 Å². The van der Waals surface area contributed by atoms with Crippen LogP contribution in [0, 0.1) is 6.92 Å². The van der Waals surface area contributed by atoms with Crippen molar-refractivity contribution in [2.24, 2.45) is 0 Å². The molecule has 2 heterocycles. The van der Waals surface area contributed by atoms with Gasteiger partial charge < -0.3 is 19.5 Å². The minimum Gasteiger partial charge on any atom is -0.493 e. The van der Waals surface area contributed by atoms with Gasteiger partial charge in [0.1, 0.15) is 5.01 Å². The summed E-state index contributed by atoms with van der Waals surface area (Å²) in [5.41, 5.74) is 0.882. The van der Waals surface area contributed by atoms with Crippen molar-refractivity contribution in [1.29, 1.82) is 0 Å². The SMILES string of the molecule is COc1cc(C(=O)NCc2nnc(SCC(=O)Nc3nnc(C)s3)n2-c2ccc(Cl)c(Cl)c2)cc(OC)c1OC. The van der Waals surface area contributed by atoms with Crippen LogP contribution in [0.1, 0.15) is 21.2 Å². The van der Waals surface area contributed by atoms with Gasteiger partial charge in [-0.15, -0.1) is 20.4 Å². The van der Waals surface area contributed by atoms with Gasteiger partial charge in [-0.05, 0) is 37.3 Å². The minimum absolute atomic E-state index is 0.000439. The molecule has 0 aliphatic rings. The van der Waals surface area contributed by atoms with Crippen molar-refractivity contribution in [3.05, 3.63) is 56.8 Å². The first-order valence-corrected chi connectivity index (χ1v) is 14.0. The summed E-state index contributed by atoms with van der Waals surface area (Å²) in [5.74, 6) is 0.759. The van der Waals surface area contributed by atoms with Gasteiger partial charge in [0.05, 0.1) is 49.4 Å². The number of amides is 2. The maximum absolute atomic E-state index is 13.1. The molecule has 0 radical (unpaired) electrons. The molecule has 0 spiro atoms. The van der Waals surface area contributed by atoms with Gasteiger partial charge in [-0.1, -0.05) is 46.3 Å². The van der Waals surface area contributed by atoms with Crippen molar-refractivity contribution < 1.29 is 23.8 Å². The van der Waals surface area contributed by atoms with Crippen LogP contribution >= 0.6 is 46.3 Å². The van der Waals surface area contributed by atoms with Crippen LogP contribution < -0.4 is 24.8 Å². The molecular formula is C24H23Cl2N7O5S2. The molecule has 4 aromatic rings. The third-order valence-corrected chi connectivity index (χ3v) is 7.72. The minimum atomic E-state index is -0.413. The van der Waals surface area contributed by atoms with Crippen LogP contribution in [0.3, 0.4) is 0 Å². The summed E-state index contributed by atoms with van der Waals surface area (Å²) in [6.45, 7) is 1.79. The number of nitrogens with one attached hydrogen (secondary N) is 2. The highest BCUT2D eigenvalue weighted by Crippen LogP contribution is 2.38. The number of aryl methyl sites for hydroxylation is 1. The molecule has 0 atom stereocenters. The van der Waals surface area contributed by atoms with Gasteiger partial charge in [-0.25, -0.2) is 0 Å². The maximum Gasteiger partial charge on any atom is 0.251 e. The van der Waals surface area contributed by atoms with Crippen molar-refractivity contribution >= 4 is 63.2 Å². The Kier molecular flexibility index (Phi) is 9.68. The number of methoxy groups -OCH3 is 3. The van der Waals surface area contributed by atoms with Crippen molar-refractivity contribution in [2.45, 2.75) is 18.6 Å². The molecule has 0 fully saturated rings. The Morgan fingerprint density at radius 2 is 1.70 bits per heavy atom. The molecule has 2 aromatic carbocycles. The zero-order valence-electron chi connectivity index (χ0n) is 21.7. The Morgan fingerprint density at radius 1 is 0.975 bits per heavy atom. The molecule has 2 N–H and O–H groups in total. The Morgan fingerprint density at radius 3 is 2.30 bits per heavy atom. The number of nitrogens with zero attached hydrogens (tertiary/aromatic N) is 5. The highest BCUT2D eigenvalue weighted by atomic mass is 35.5. The third-order valence-electron chi connectivity index (χ3n) is 5.30. The van der Waals surface area contributed by atoms with Crippen LogP contribution in [-0.4, -0.2) is 63.9 Å². The van der Waals surface area contributed by atoms with Gasteiger partial charge in [-0.2, -0.15) is 0 Å². The lowest BCUT2D eigenvalue weighted by Crippen LogP contribution is -2.25. The number of anilines is 1. The van der Waals surface area contributed by atoms with Gasteiger partial charge in [0, 0.05) is 5.56 Å².